The Morgan fingerprint density at radius 3 is 2.36 bits per heavy atom. The van der Waals surface area contributed by atoms with Crippen molar-refractivity contribution in [3.63, 3.8) is 0 Å². The van der Waals surface area contributed by atoms with E-state index in [-0.39, 0.29) is 24.8 Å². The lowest BCUT2D eigenvalue weighted by molar-refractivity contribution is 0.304. The van der Waals surface area contributed by atoms with Crippen molar-refractivity contribution < 1.29 is 4.74 Å². The van der Waals surface area contributed by atoms with E-state index in [1.165, 1.54) is 11.1 Å². The van der Waals surface area contributed by atoms with E-state index in [1.54, 1.807) is 0 Å². The summed E-state index contributed by atoms with van der Waals surface area (Å²) in [5.74, 6) is 0.880. The summed E-state index contributed by atoms with van der Waals surface area (Å²) in [6.07, 6.45) is 1.16. The highest BCUT2D eigenvalue weighted by molar-refractivity contribution is 9.10. The first kappa shape index (κ1) is 24.2. The minimum atomic E-state index is 0. The molecule has 6 heteroatoms. The second-order valence-electron chi connectivity index (χ2n) is 5.87. The molecule has 0 saturated carbocycles. The molecule has 0 aliphatic carbocycles. The van der Waals surface area contributed by atoms with Crippen molar-refractivity contribution in [3.8, 4) is 5.75 Å². The molecule has 3 nitrogen and oxygen atoms in total. The maximum atomic E-state index is 5.87. The van der Waals surface area contributed by atoms with Crippen LogP contribution >= 0.6 is 40.7 Å². The summed E-state index contributed by atoms with van der Waals surface area (Å²) in [7, 11) is 4.20. The molecule has 0 heterocycles. The molecular weight excluding hydrogens is 423 g/mol. The van der Waals surface area contributed by atoms with Crippen molar-refractivity contribution in [2.24, 2.45) is 0 Å². The van der Waals surface area contributed by atoms with Gasteiger partial charge in [-0.2, -0.15) is 0 Å². The van der Waals surface area contributed by atoms with Gasteiger partial charge in [-0.15, -0.1) is 24.8 Å². The van der Waals surface area contributed by atoms with E-state index in [9.17, 15) is 0 Å². The molecule has 0 bridgehead atoms. The van der Waals surface area contributed by atoms with Crippen molar-refractivity contribution in [1.29, 1.82) is 0 Å². The zero-order valence-corrected chi connectivity index (χ0v) is 17.9. The van der Waals surface area contributed by atoms with Crippen LogP contribution in [0.2, 0.25) is 0 Å². The van der Waals surface area contributed by atoms with Crippen LogP contribution < -0.4 is 10.1 Å². The number of ether oxygens (including phenoxy) is 1. The van der Waals surface area contributed by atoms with Gasteiger partial charge in [0.25, 0.3) is 0 Å². The van der Waals surface area contributed by atoms with Gasteiger partial charge in [-0.05, 0) is 72.8 Å². The number of benzene rings is 2. The number of halogens is 3. The summed E-state index contributed by atoms with van der Waals surface area (Å²) in [5.41, 5.74) is 2.43. The molecule has 0 spiro atoms. The lowest BCUT2D eigenvalue weighted by Gasteiger charge is -2.12. The third kappa shape index (κ3) is 9.47. The highest BCUT2D eigenvalue weighted by Crippen LogP contribution is 2.26. The van der Waals surface area contributed by atoms with Crippen LogP contribution in [0.4, 0.5) is 0 Å². The zero-order valence-electron chi connectivity index (χ0n) is 14.7. The molecule has 2 aromatic carbocycles. The number of nitrogens with one attached hydrogen (secondary N) is 1. The van der Waals surface area contributed by atoms with Gasteiger partial charge in [0.1, 0.15) is 12.4 Å². The SMILES string of the molecule is CN(C)CCCNCc1ccc(OCc2ccccc2)c(Br)c1.Cl.Cl. The Kier molecular flexibility index (Phi) is 13.0. The van der Waals surface area contributed by atoms with Crippen LogP contribution in [0.5, 0.6) is 5.75 Å². The highest BCUT2D eigenvalue weighted by atomic mass is 79.9. The molecule has 0 aliphatic heterocycles. The normalized spacial score (nSPS) is 10.1. The first-order chi connectivity index (χ1) is 11.1. The lowest BCUT2D eigenvalue weighted by Crippen LogP contribution is -2.21. The quantitative estimate of drug-likeness (QED) is 0.550. The van der Waals surface area contributed by atoms with Gasteiger partial charge in [0.2, 0.25) is 0 Å². The van der Waals surface area contributed by atoms with Crippen molar-refractivity contribution in [2.75, 3.05) is 27.2 Å². The smallest absolute Gasteiger partial charge is 0.134 e. The van der Waals surface area contributed by atoms with Crippen LogP contribution in [0.1, 0.15) is 17.5 Å². The number of hydrogen-bond acceptors (Lipinski definition) is 3. The standard InChI is InChI=1S/C19H25BrN2O.2ClH/c1-22(2)12-6-11-21-14-17-9-10-19(18(20)13-17)23-15-16-7-4-3-5-8-16;;/h3-5,7-10,13,21H,6,11-12,14-15H2,1-2H3;2*1H. The molecule has 1 N–H and O–H groups in total. The molecular formula is C19H27BrCl2N2O. The molecule has 0 aromatic heterocycles. The third-order valence-electron chi connectivity index (χ3n) is 3.52. The fourth-order valence-corrected chi connectivity index (χ4v) is 2.80. The summed E-state index contributed by atoms with van der Waals surface area (Å²) >= 11 is 3.60. The highest BCUT2D eigenvalue weighted by Gasteiger charge is 2.03. The molecule has 0 atom stereocenters. The first-order valence-electron chi connectivity index (χ1n) is 7.96. The average Bonchev–Trinajstić information content (AvgIpc) is 2.54. The first-order valence-corrected chi connectivity index (χ1v) is 8.75. The average molecular weight is 450 g/mol. The molecule has 140 valence electrons. The molecule has 2 rings (SSSR count). The van der Waals surface area contributed by atoms with Crippen LogP contribution in [-0.2, 0) is 13.2 Å². The Morgan fingerprint density at radius 1 is 1.00 bits per heavy atom. The van der Waals surface area contributed by atoms with Gasteiger partial charge in [-0.1, -0.05) is 36.4 Å². The van der Waals surface area contributed by atoms with Crippen molar-refractivity contribution in [3.05, 3.63) is 64.1 Å². The Balaban J connectivity index is 0.00000288. The van der Waals surface area contributed by atoms with Crippen LogP contribution in [0.25, 0.3) is 0 Å². The fourth-order valence-electron chi connectivity index (χ4n) is 2.26. The minimum absolute atomic E-state index is 0. The molecule has 0 unspecified atom stereocenters. The van der Waals surface area contributed by atoms with Crippen LogP contribution in [0, 0.1) is 0 Å². The van der Waals surface area contributed by atoms with E-state index in [0.717, 1.165) is 36.3 Å². The topological polar surface area (TPSA) is 24.5 Å². The third-order valence-corrected chi connectivity index (χ3v) is 4.14. The van der Waals surface area contributed by atoms with Gasteiger partial charge >= 0.3 is 0 Å². The van der Waals surface area contributed by atoms with Gasteiger partial charge in [0.15, 0.2) is 0 Å². The molecule has 2 aromatic rings. The van der Waals surface area contributed by atoms with Crippen molar-refractivity contribution in [2.45, 2.75) is 19.6 Å². The van der Waals surface area contributed by atoms with E-state index in [4.69, 9.17) is 4.74 Å². The predicted octanol–water partition coefficient (Wildman–Crippen LogP) is 4.91. The number of nitrogens with zero attached hydrogens (tertiary/aromatic N) is 1. The summed E-state index contributed by atoms with van der Waals surface area (Å²) in [4.78, 5) is 2.21. The summed E-state index contributed by atoms with van der Waals surface area (Å²) in [6.45, 7) is 3.61. The minimum Gasteiger partial charge on any atom is -0.488 e. The van der Waals surface area contributed by atoms with Gasteiger partial charge in [-0.3, -0.25) is 0 Å². The van der Waals surface area contributed by atoms with Crippen molar-refractivity contribution >= 4 is 40.7 Å². The molecule has 0 saturated heterocycles. The van der Waals surface area contributed by atoms with E-state index in [1.807, 2.05) is 24.3 Å². The number of rotatable bonds is 9. The van der Waals surface area contributed by atoms with E-state index < -0.39 is 0 Å². The Morgan fingerprint density at radius 2 is 1.72 bits per heavy atom. The van der Waals surface area contributed by atoms with Gasteiger partial charge in [0, 0.05) is 6.54 Å². The zero-order chi connectivity index (χ0) is 16.5. The Bertz CT molecular complexity index is 597. The molecule has 0 aliphatic rings. The predicted molar refractivity (Wildman–Crippen MR) is 114 cm³/mol. The molecule has 0 radical (unpaired) electrons. The molecule has 25 heavy (non-hydrogen) atoms. The van der Waals surface area contributed by atoms with Gasteiger partial charge in [-0.25, -0.2) is 0 Å². The summed E-state index contributed by atoms with van der Waals surface area (Å²) < 4.78 is 6.88. The van der Waals surface area contributed by atoms with Crippen molar-refractivity contribution in [1.82, 2.24) is 10.2 Å². The Hall–Kier alpha value is -0.780. The van der Waals surface area contributed by atoms with Crippen LogP contribution in [0.3, 0.4) is 0 Å². The van der Waals surface area contributed by atoms with E-state index in [2.05, 4.69) is 64.5 Å². The summed E-state index contributed by atoms with van der Waals surface area (Å²) in [5, 5.41) is 3.47. The molecule has 0 amide bonds. The maximum absolute atomic E-state index is 5.87. The van der Waals surface area contributed by atoms with Crippen LogP contribution in [0.15, 0.2) is 53.0 Å². The summed E-state index contributed by atoms with van der Waals surface area (Å²) in [6, 6.07) is 16.5. The second-order valence-corrected chi connectivity index (χ2v) is 6.73. The lowest BCUT2D eigenvalue weighted by atomic mass is 10.2. The van der Waals surface area contributed by atoms with Gasteiger partial charge in [0.05, 0.1) is 4.47 Å². The Labute approximate surface area is 172 Å². The maximum Gasteiger partial charge on any atom is 0.134 e. The fraction of sp³-hybridized carbons (Fsp3) is 0.368. The second kappa shape index (κ2) is 13.4. The number of hydrogen-bond donors (Lipinski definition) is 1. The monoisotopic (exact) mass is 448 g/mol. The largest absolute Gasteiger partial charge is 0.488 e. The van der Waals surface area contributed by atoms with Gasteiger partial charge < -0.3 is 15.0 Å². The van der Waals surface area contributed by atoms with E-state index in [0.29, 0.717) is 6.61 Å². The van der Waals surface area contributed by atoms with E-state index >= 15 is 0 Å². The molecule has 0 fully saturated rings. The van der Waals surface area contributed by atoms with Crippen LogP contribution in [-0.4, -0.2) is 32.1 Å².